The first-order chi connectivity index (χ1) is 16.0. The number of fused-ring (bicyclic) bond motifs is 1. The predicted molar refractivity (Wildman–Crippen MR) is 120 cm³/mol. The highest BCUT2D eigenvalue weighted by Crippen LogP contribution is 2.38. The molecule has 5 heterocycles. The molecule has 2 fully saturated rings. The van der Waals surface area contributed by atoms with E-state index in [1.165, 1.54) is 0 Å². The van der Waals surface area contributed by atoms with Crippen LogP contribution in [-0.2, 0) is 16.6 Å². The first kappa shape index (κ1) is 21.7. The average Bonchev–Trinajstić information content (AvgIpc) is 3.45. The number of hydrogen-bond acceptors (Lipinski definition) is 8. The zero-order chi connectivity index (χ0) is 23.0. The molecule has 2 saturated heterocycles. The topological polar surface area (TPSA) is 141 Å². The largest absolute Gasteiger partial charge is 0.771 e. The molecule has 5 rings (SSSR count). The highest BCUT2D eigenvalue weighted by molar-refractivity contribution is 7.79. The van der Waals surface area contributed by atoms with Gasteiger partial charge < -0.3 is 9.54 Å². The van der Waals surface area contributed by atoms with Crippen molar-refractivity contribution in [3.8, 4) is 23.3 Å². The van der Waals surface area contributed by atoms with Crippen LogP contribution in [0, 0.1) is 22.7 Å². The van der Waals surface area contributed by atoms with Crippen molar-refractivity contribution in [3.63, 3.8) is 0 Å². The number of hydrogen-bond donors (Lipinski definition) is 1. The van der Waals surface area contributed by atoms with Crippen LogP contribution >= 0.6 is 0 Å². The molecule has 11 heteroatoms. The van der Waals surface area contributed by atoms with Gasteiger partial charge in [0.1, 0.15) is 17.3 Å². The van der Waals surface area contributed by atoms with E-state index in [-0.39, 0.29) is 5.88 Å². The number of piperidine rings is 1. The SMILES string of the molecule is N#CCC1(n2cc(-c3c(C#N)cnc4[nH]ccc34)cn2)CN(C2CCN(CS(=O)[O-])CC2)C1. The molecule has 170 valence electrons. The van der Waals surface area contributed by atoms with Crippen molar-refractivity contribution < 1.29 is 8.76 Å². The molecule has 0 bridgehead atoms. The van der Waals surface area contributed by atoms with E-state index in [2.05, 4.69) is 32.1 Å². The third-order valence-electron chi connectivity index (χ3n) is 6.83. The van der Waals surface area contributed by atoms with Gasteiger partial charge in [0.05, 0.1) is 30.1 Å². The summed E-state index contributed by atoms with van der Waals surface area (Å²) in [4.78, 5) is 11.7. The fraction of sp³-hybridized carbons (Fsp3) is 0.455. The van der Waals surface area contributed by atoms with Gasteiger partial charge in [-0.3, -0.25) is 18.7 Å². The molecule has 2 aliphatic rings. The van der Waals surface area contributed by atoms with Crippen LogP contribution in [0.1, 0.15) is 24.8 Å². The predicted octanol–water partition coefficient (Wildman–Crippen LogP) is 1.52. The highest BCUT2D eigenvalue weighted by Gasteiger charge is 2.48. The van der Waals surface area contributed by atoms with Gasteiger partial charge in [-0.1, -0.05) is 0 Å². The van der Waals surface area contributed by atoms with Crippen molar-refractivity contribution in [1.29, 1.82) is 10.5 Å². The molecule has 0 amide bonds. The molecule has 3 aromatic rings. The molecule has 0 radical (unpaired) electrons. The molecule has 1 atom stereocenters. The zero-order valence-corrected chi connectivity index (χ0v) is 18.8. The van der Waals surface area contributed by atoms with Gasteiger partial charge in [-0.15, -0.1) is 0 Å². The van der Waals surface area contributed by atoms with E-state index in [0.717, 1.165) is 55.5 Å². The van der Waals surface area contributed by atoms with Gasteiger partial charge in [-0.05, 0) is 30.0 Å². The summed E-state index contributed by atoms with van der Waals surface area (Å²) < 4.78 is 23.8. The molecule has 33 heavy (non-hydrogen) atoms. The molecule has 0 saturated carbocycles. The second-order valence-electron chi connectivity index (χ2n) is 8.82. The quantitative estimate of drug-likeness (QED) is 0.543. The van der Waals surface area contributed by atoms with E-state index in [1.54, 1.807) is 18.6 Å². The van der Waals surface area contributed by atoms with Gasteiger partial charge >= 0.3 is 0 Å². The summed E-state index contributed by atoms with van der Waals surface area (Å²) in [5.41, 5.74) is 2.41. The number of nitrogens with zero attached hydrogens (tertiary/aromatic N) is 7. The number of likely N-dealkylation sites (tertiary alicyclic amines) is 2. The normalized spacial score (nSPS) is 20.2. The number of H-pyrrole nitrogens is 1. The minimum Gasteiger partial charge on any atom is -0.771 e. The number of pyridine rings is 1. The van der Waals surface area contributed by atoms with Crippen molar-refractivity contribution >= 4 is 22.1 Å². The molecule has 0 spiro atoms. The smallest absolute Gasteiger partial charge is 0.137 e. The maximum absolute atomic E-state index is 11.0. The fourth-order valence-electron chi connectivity index (χ4n) is 5.13. The maximum Gasteiger partial charge on any atom is 0.137 e. The van der Waals surface area contributed by atoms with Crippen LogP contribution in [0.3, 0.4) is 0 Å². The zero-order valence-electron chi connectivity index (χ0n) is 18.0. The number of nitriles is 2. The van der Waals surface area contributed by atoms with E-state index in [0.29, 0.717) is 23.7 Å². The summed E-state index contributed by atoms with van der Waals surface area (Å²) in [6, 6.07) is 6.84. The molecule has 1 unspecified atom stereocenters. The van der Waals surface area contributed by atoms with E-state index in [4.69, 9.17) is 0 Å². The average molecular weight is 464 g/mol. The van der Waals surface area contributed by atoms with Crippen molar-refractivity contribution in [2.24, 2.45) is 0 Å². The van der Waals surface area contributed by atoms with Gasteiger partial charge in [0.15, 0.2) is 0 Å². The first-order valence-electron chi connectivity index (χ1n) is 10.8. The maximum atomic E-state index is 11.0. The Labute approximate surface area is 193 Å². The van der Waals surface area contributed by atoms with Gasteiger partial charge in [-0.2, -0.15) is 15.6 Å². The molecular formula is C22H23N8O2S-. The Balaban J connectivity index is 1.35. The standard InChI is InChI=1S/C22H24N8O2S/c23-5-4-22(13-29(14-22)18-2-7-28(8-3-18)15-33(31)32)30-12-17(11-27-30)20-16(9-24)10-26-21-19(20)1-6-25-21/h1,6,10-12,18H,2-4,7-8,13-15H2,(H,25,26)(H,31,32)/p-1. The Kier molecular flexibility index (Phi) is 5.72. The number of aromatic nitrogens is 4. The van der Waals surface area contributed by atoms with E-state index in [1.807, 2.05) is 21.8 Å². The Hall–Kier alpha value is -3.09. The summed E-state index contributed by atoms with van der Waals surface area (Å²) in [6.45, 7) is 2.97. The van der Waals surface area contributed by atoms with E-state index in [9.17, 15) is 19.3 Å². The first-order valence-corrected chi connectivity index (χ1v) is 12.1. The minimum atomic E-state index is -2.05. The Bertz CT molecular complexity index is 1270. The van der Waals surface area contributed by atoms with Crippen LogP contribution in [0.4, 0.5) is 0 Å². The monoisotopic (exact) mass is 463 g/mol. The molecule has 0 aliphatic carbocycles. The lowest BCUT2D eigenvalue weighted by Crippen LogP contribution is -2.66. The summed E-state index contributed by atoms with van der Waals surface area (Å²) in [5, 5.41) is 24.6. The molecule has 3 aromatic heterocycles. The lowest BCUT2D eigenvalue weighted by molar-refractivity contribution is -0.0418. The van der Waals surface area contributed by atoms with Crippen molar-refractivity contribution in [3.05, 3.63) is 36.4 Å². The second kappa shape index (κ2) is 8.69. The van der Waals surface area contributed by atoms with E-state index >= 15 is 0 Å². The van der Waals surface area contributed by atoms with Crippen LogP contribution in [0.5, 0.6) is 0 Å². The van der Waals surface area contributed by atoms with Gasteiger partial charge in [0.2, 0.25) is 0 Å². The van der Waals surface area contributed by atoms with Crippen LogP contribution in [0.15, 0.2) is 30.9 Å². The number of rotatable bonds is 6. The summed E-state index contributed by atoms with van der Waals surface area (Å²) in [5.74, 6) is 0.0925. The lowest BCUT2D eigenvalue weighted by Gasteiger charge is -2.53. The fourth-order valence-corrected chi connectivity index (χ4v) is 5.69. The van der Waals surface area contributed by atoms with Crippen molar-refractivity contribution in [2.45, 2.75) is 30.8 Å². The van der Waals surface area contributed by atoms with Gasteiger partial charge in [0, 0.05) is 67.3 Å². The summed E-state index contributed by atoms with van der Waals surface area (Å²) in [7, 11) is 0. The van der Waals surface area contributed by atoms with Crippen LogP contribution in [0.2, 0.25) is 0 Å². The van der Waals surface area contributed by atoms with Crippen molar-refractivity contribution in [1.82, 2.24) is 29.5 Å². The molecule has 10 nitrogen and oxygen atoms in total. The minimum absolute atomic E-state index is 0.0925. The Morgan fingerprint density at radius 3 is 2.76 bits per heavy atom. The Morgan fingerprint density at radius 1 is 1.27 bits per heavy atom. The summed E-state index contributed by atoms with van der Waals surface area (Å²) >= 11 is -2.05. The molecular weight excluding hydrogens is 440 g/mol. The van der Waals surface area contributed by atoms with E-state index < -0.39 is 16.6 Å². The molecule has 0 aromatic carbocycles. The summed E-state index contributed by atoms with van der Waals surface area (Å²) in [6.07, 6.45) is 9.23. The highest BCUT2D eigenvalue weighted by atomic mass is 32.2. The molecule has 1 N–H and O–H groups in total. The van der Waals surface area contributed by atoms with Crippen LogP contribution in [-0.4, -0.2) is 76.4 Å². The third kappa shape index (κ3) is 3.94. The van der Waals surface area contributed by atoms with Crippen LogP contribution in [0.25, 0.3) is 22.2 Å². The second-order valence-corrected chi connectivity index (χ2v) is 9.68. The van der Waals surface area contributed by atoms with Gasteiger partial charge in [-0.25, -0.2) is 4.98 Å². The van der Waals surface area contributed by atoms with Gasteiger partial charge in [0.25, 0.3) is 0 Å². The molecule has 2 aliphatic heterocycles. The number of aromatic amines is 1. The Morgan fingerprint density at radius 2 is 2.06 bits per heavy atom. The van der Waals surface area contributed by atoms with Crippen molar-refractivity contribution in [2.75, 3.05) is 32.1 Å². The third-order valence-corrected chi connectivity index (χ3v) is 7.40. The number of nitrogens with one attached hydrogen (secondary N) is 1. The van der Waals surface area contributed by atoms with Crippen LogP contribution < -0.4 is 0 Å². The lowest BCUT2D eigenvalue weighted by atomic mass is 9.84.